The lowest BCUT2D eigenvalue weighted by Gasteiger charge is -2.14. The molecule has 1 atom stereocenters. The maximum absolute atomic E-state index is 12.3. The molecule has 0 saturated heterocycles. The number of hydrogen-bond acceptors (Lipinski definition) is 3. The van der Waals surface area contributed by atoms with Crippen LogP contribution in [-0.2, 0) is 4.74 Å². The molecule has 2 aromatic rings. The molecular formula is C12H14N2O2S. The third-order valence-electron chi connectivity index (χ3n) is 2.69. The highest BCUT2D eigenvalue weighted by Crippen LogP contribution is 2.09. The maximum atomic E-state index is 12.3. The Labute approximate surface area is 104 Å². The van der Waals surface area contributed by atoms with Gasteiger partial charge >= 0.3 is 0 Å². The van der Waals surface area contributed by atoms with Crippen LogP contribution in [-0.4, -0.2) is 23.3 Å². The summed E-state index contributed by atoms with van der Waals surface area (Å²) in [6, 6.07) is 7.26. The average Bonchev–Trinajstić information content (AvgIpc) is 2.29. The zero-order valence-electron chi connectivity index (χ0n) is 9.77. The summed E-state index contributed by atoms with van der Waals surface area (Å²) in [6.07, 6.45) is 0. The third-order valence-corrected chi connectivity index (χ3v) is 2.98. The molecule has 0 fully saturated rings. The molecule has 0 amide bonds. The van der Waals surface area contributed by atoms with Crippen LogP contribution in [0.25, 0.3) is 10.9 Å². The van der Waals surface area contributed by atoms with Gasteiger partial charge in [-0.05, 0) is 31.3 Å². The second kappa shape index (κ2) is 4.81. The first-order chi connectivity index (χ1) is 8.15. The van der Waals surface area contributed by atoms with E-state index in [4.69, 9.17) is 17.0 Å². The summed E-state index contributed by atoms with van der Waals surface area (Å²) in [4.78, 5) is 15.3. The Hall–Kier alpha value is -1.46. The van der Waals surface area contributed by atoms with Crippen molar-refractivity contribution in [2.45, 2.75) is 13.0 Å². The fourth-order valence-electron chi connectivity index (χ4n) is 1.89. The Morgan fingerprint density at radius 2 is 2.18 bits per heavy atom. The highest BCUT2D eigenvalue weighted by molar-refractivity contribution is 7.71. The van der Waals surface area contributed by atoms with Crippen molar-refractivity contribution in [3.63, 3.8) is 0 Å². The molecule has 1 aromatic heterocycles. The molecule has 0 radical (unpaired) electrons. The SMILES string of the molecule is COCC(C)n1c(=S)[nH]c2ccccc2c1=O. The molecule has 0 saturated carbocycles. The molecule has 0 aliphatic carbocycles. The minimum atomic E-state index is -0.0825. The van der Waals surface area contributed by atoms with E-state index in [9.17, 15) is 4.79 Å². The number of H-pyrrole nitrogens is 1. The molecular weight excluding hydrogens is 236 g/mol. The number of fused-ring (bicyclic) bond motifs is 1. The number of para-hydroxylation sites is 1. The first-order valence-electron chi connectivity index (χ1n) is 5.37. The molecule has 5 heteroatoms. The summed E-state index contributed by atoms with van der Waals surface area (Å²) in [5.74, 6) is 0. The van der Waals surface area contributed by atoms with E-state index in [1.165, 1.54) is 0 Å². The standard InChI is InChI=1S/C12H14N2O2S/c1-8(7-16-2)14-11(15)9-5-3-4-6-10(9)13-12(14)17/h3-6,8H,7H2,1-2H3,(H,13,17). The number of aromatic nitrogens is 2. The summed E-state index contributed by atoms with van der Waals surface area (Å²) in [7, 11) is 1.61. The summed E-state index contributed by atoms with van der Waals surface area (Å²) in [6.45, 7) is 2.36. The Bertz CT molecular complexity index is 645. The van der Waals surface area contributed by atoms with Crippen molar-refractivity contribution in [2.24, 2.45) is 0 Å². The highest BCUT2D eigenvalue weighted by Gasteiger charge is 2.10. The largest absolute Gasteiger partial charge is 0.383 e. The van der Waals surface area contributed by atoms with Crippen molar-refractivity contribution in [2.75, 3.05) is 13.7 Å². The van der Waals surface area contributed by atoms with Crippen LogP contribution in [0.2, 0.25) is 0 Å². The Kier molecular flexibility index (Phi) is 3.40. The van der Waals surface area contributed by atoms with E-state index in [1.807, 2.05) is 25.1 Å². The van der Waals surface area contributed by atoms with Gasteiger partial charge in [-0.25, -0.2) is 0 Å². The second-order valence-corrected chi connectivity index (χ2v) is 4.34. The van der Waals surface area contributed by atoms with Gasteiger partial charge in [-0.2, -0.15) is 0 Å². The molecule has 2 rings (SSSR count). The van der Waals surface area contributed by atoms with E-state index >= 15 is 0 Å². The van der Waals surface area contributed by atoms with Crippen LogP contribution < -0.4 is 5.56 Å². The van der Waals surface area contributed by atoms with Gasteiger partial charge in [0.25, 0.3) is 5.56 Å². The van der Waals surface area contributed by atoms with Crippen molar-refractivity contribution >= 4 is 23.1 Å². The summed E-state index contributed by atoms with van der Waals surface area (Å²) in [5, 5.41) is 0.643. The van der Waals surface area contributed by atoms with Crippen LogP contribution in [0, 0.1) is 4.77 Å². The summed E-state index contributed by atoms with van der Waals surface area (Å²) in [5.41, 5.74) is 0.692. The van der Waals surface area contributed by atoms with Crippen LogP contribution in [0.5, 0.6) is 0 Å². The lowest BCUT2D eigenvalue weighted by atomic mass is 10.2. The van der Waals surface area contributed by atoms with Gasteiger partial charge in [-0.15, -0.1) is 0 Å². The van der Waals surface area contributed by atoms with Gasteiger partial charge in [-0.1, -0.05) is 12.1 Å². The molecule has 90 valence electrons. The van der Waals surface area contributed by atoms with E-state index in [-0.39, 0.29) is 11.6 Å². The molecule has 1 aromatic carbocycles. The highest BCUT2D eigenvalue weighted by atomic mass is 32.1. The maximum Gasteiger partial charge on any atom is 0.262 e. The Balaban J connectivity index is 2.72. The fraction of sp³-hybridized carbons (Fsp3) is 0.333. The van der Waals surface area contributed by atoms with Gasteiger partial charge in [0.2, 0.25) is 0 Å². The van der Waals surface area contributed by atoms with Crippen LogP contribution in [0.15, 0.2) is 29.1 Å². The van der Waals surface area contributed by atoms with Gasteiger partial charge in [0, 0.05) is 7.11 Å². The van der Waals surface area contributed by atoms with Crippen molar-refractivity contribution in [3.8, 4) is 0 Å². The van der Waals surface area contributed by atoms with E-state index in [0.717, 1.165) is 5.52 Å². The van der Waals surface area contributed by atoms with Crippen molar-refractivity contribution in [1.29, 1.82) is 0 Å². The smallest absolute Gasteiger partial charge is 0.262 e. The quantitative estimate of drug-likeness (QED) is 0.850. The predicted molar refractivity (Wildman–Crippen MR) is 70.0 cm³/mol. The summed E-state index contributed by atoms with van der Waals surface area (Å²) < 4.78 is 7.05. The molecule has 0 spiro atoms. The van der Waals surface area contributed by atoms with Crippen molar-refractivity contribution in [1.82, 2.24) is 9.55 Å². The minimum Gasteiger partial charge on any atom is -0.383 e. The number of methoxy groups -OCH3 is 1. The number of rotatable bonds is 3. The molecule has 4 nitrogen and oxygen atoms in total. The van der Waals surface area contributed by atoms with Crippen molar-refractivity contribution < 1.29 is 4.74 Å². The average molecular weight is 250 g/mol. The van der Waals surface area contributed by atoms with Gasteiger partial charge in [-0.3, -0.25) is 9.36 Å². The molecule has 1 unspecified atom stereocenters. The normalized spacial score (nSPS) is 12.8. The van der Waals surface area contributed by atoms with E-state index < -0.39 is 0 Å². The molecule has 1 N–H and O–H groups in total. The van der Waals surface area contributed by atoms with Crippen LogP contribution in [0.3, 0.4) is 0 Å². The van der Waals surface area contributed by atoms with Gasteiger partial charge in [0.1, 0.15) is 0 Å². The monoisotopic (exact) mass is 250 g/mol. The lowest BCUT2D eigenvalue weighted by molar-refractivity contribution is 0.160. The summed E-state index contributed by atoms with van der Waals surface area (Å²) >= 11 is 5.21. The molecule has 17 heavy (non-hydrogen) atoms. The first kappa shape index (κ1) is 12.0. The number of aromatic amines is 1. The number of nitrogens with one attached hydrogen (secondary N) is 1. The third kappa shape index (κ3) is 2.16. The van der Waals surface area contributed by atoms with Crippen LogP contribution in [0.1, 0.15) is 13.0 Å². The molecule has 0 bridgehead atoms. The number of hydrogen-bond donors (Lipinski definition) is 1. The topological polar surface area (TPSA) is 47.0 Å². The van der Waals surface area contributed by atoms with E-state index in [0.29, 0.717) is 16.8 Å². The van der Waals surface area contributed by atoms with Crippen LogP contribution in [0.4, 0.5) is 0 Å². The molecule has 0 aliphatic heterocycles. The predicted octanol–water partition coefficient (Wildman–Crippen LogP) is 2.27. The second-order valence-electron chi connectivity index (χ2n) is 3.96. The molecule has 0 aliphatic rings. The number of nitrogens with zero attached hydrogens (tertiary/aromatic N) is 1. The Morgan fingerprint density at radius 3 is 2.88 bits per heavy atom. The zero-order chi connectivity index (χ0) is 12.4. The van der Waals surface area contributed by atoms with Crippen LogP contribution >= 0.6 is 12.2 Å². The molecule has 1 heterocycles. The van der Waals surface area contributed by atoms with Gasteiger partial charge < -0.3 is 9.72 Å². The zero-order valence-corrected chi connectivity index (χ0v) is 10.6. The van der Waals surface area contributed by atoms with Crippen molar-refractivity contribution in [3.05, 3.63) is 39.4 Å². The minimum absolute atomic E-state index is 0.0751. The van der Waals surface area contributed by atoms with Gasteiger partial charge in [0.05, 0.1) is 23.6 Å². The van der Waals surface area contributed by atoms with E-state index in [2.05, 4.69) is 4.98 Å². The number of benzene rings is 1. The fourth-order valence-corrected chi connectivity index (χ4v) is 2.26. The Morgan fingerprint density at radius 1 is 1.47 bits per heavy atom. The first-order valence-corrected chi connectivity index (χ1v) is 5.78. The van der Waals surface area contributed by atoms with Gasteiger partial charge in [0.15, 0.2) is 4.77 Å². The lowest BCUT2D eigenvalue weighted by Crippen LogP contribution is -2.27. The number of ether oxygens (including phenoxy) is 1. The van der Waals surface area contributed by atoms with E-state index in [1.54, 1.807) is 17.7 Å².